The van der Waals surface area contributed by atoms with Crippen LogP contribution in [-0.4, -0.2) is 30.0 Å². The minimum atomic E-state index is -0.961. The topological polar surface area (TPSA) is 59.4 Å². The normalized spacial score (nSPS) is 31.3. The lowest BCUT2D eigenvalue weighted by Gasteiger charge is -2.32. The Balaban J connectivity index is 1.88. The summed E-state index contributed by atoms with van der Waals surface area (Å²) in [5.41, 5.74) is 0. The molecule has 2 bridgehead atoms. The molecule has 1 heterocycles. The molecule has 1 N–H and O–H groups in total. The van der Waals surface area contributed by atoms with Crippen LogP contribution in [0.3, 0.4) is 0 Å². The summed E-state index contributed by atoms with van der Waals surface area (Å²) in [5.74, 6) is 1.17. The van der Waals surface area contributed by atoms with Crippen molar-refractivity contribution in [2.24, 2.45) is 17.8 Å². The fourth-order valence-corrected chi connectivity index (χ4v) is 3.02. The first kappa shape index (κ1) is 14.6. The number of fused-ring (bicyclic) bond motifs is 2. The van der Waals surface area contributed by atoms with E-state index in [-0.39, 0.29) is 11.9 Å². The van der Waals surface area contributed by atoms with Gasteiger partial charge < -0.3 is 9.47 Å². The van der Waals surface area contributed by atoms with Crippen LogP contribution < -0.4 is 0 Å². The maximum atomic E-state index is 11.7. The zero-order valence-corrected chi connectivity index (χ0v) is 12.3. The molecule has 2 aliphatic rings. The first-order valence-electron chi connectivity index (χ1n) is 6.93. The molecule has 19 heavy (non-hydrogen) atoms. The Bertz CT molecular complexity index is 364. The molecule has 2 rings (SSSR count). The third kappa shape index (κ3) is 3.85. The molecule has 5 heteroatoms. The van der Waals surface area contributed by atoms with Crippen molar-refractivity contribution in [2.45, 2.75) is 44.4 Å². The molecule has 0 amide bonds. The second-order valence-corrected chi connectivity index (χ2v) is 7.15. The average molecular weight is 288 g/mol. The van der Waals surface area contributed by atoms with E-state index in [1.54, 1.807) is 13.8 Å². The Morgan fingerprint density at radius 3 is 2.89 bits per heavy atom. The van der Waals surface area contributed by atoms with Crippen molar-refractivity contribution < 1.29 is 14.3 Å². The maximum Gasteiger partial charge on any atom is 0.326 e. The summed E-state index contributed by atoms with van der Waals surface area (Å²) < 4.78 is 10.7. The van der Waals surface area contributed by atoms with Gasteiger partial charge in [-0.15, -0.1) is 11.6 Å². The van der Waals surface area contributed by atoms with Crippen LogP contribution in [-0.2, 0) is 14.3 Å². The highest BCUT2D eigenvalue weighted by Crippen LogP contribution is 2.38. The van der Waals surface area contributed by atoms with E-state index in [9.17, 15) is 4.79 Å². The number of rotatable bonds is 3. The summed E-state index contributed by atoms with van der Waals surface area (Å²) in [6.07, 6.45) is 3.99. The number of esters is 1. The number of hydrogen-bond donors (Lipinski definition) is 1. The average Bonchev–Trinajstić information content (AvgIpc) is 2.45. The fraction of sp³-hybridized carbons (Fsp3) is 0.857. The highest BCUT2D eigenvalue weighted by Gasteiger charge is 2.35. The van der Waals surface area contributed by atoms with Crippen molar-refractivity contribution >= 4 is 23.5 Å². The zero-order chi connectivity index (χ0) is 14.0. The third-order valence-corrected chi connectivity index (χ3v) is 4.15. The number of nitrogens with one attached hydrogen (secondary N) is 1. The number of carbonyl (C=O) groups excluding carboxylic acids is 1. The van der Waals surface area contributed by atoms with E-state index in [1.807, 2.05) is 0 Å². The molecule has 4 nitrogen and oxygen atoms in total. The van der Waals surface area contributed by atoms with Crippen LogP contribution in [0.1, 0.15) is 39.5 Å². The molecule has 108 valence electrons. The predicted octanol–water partition coefficient (Wildman–Crippen LogP) is 2.98. The largest absolute Gasteiger partial charge is 0.481 e. The minimum Gasteiger partial charge on any atom is -0.481 e. The molecule has 0 aromatic heterocycles. The second kappa shape index (κ2) is 5.70. The highest BCUT2D eigenvalue weighted by atomic mass is 35.5. The fourth-order valence-electron chi connectivity index (χ4n) is 2.97. The quantitative estimate of drug-likeness (QED) is 0.641. The molecule has 0 aromatic carbocycles. The van der Waals surface area contributed by atoms with Gasteiger partial charge in [0.15, 0.2) is 5.90 Å². The van der Waals surface area contributed by atoms with Gasteiger partial charge in [-0.1, -0.05) is 0 Å². The van der Waals surface area contributed by atoms with Crippen molar-refractivity contribution in [2.75, 3.05) is 13.2 Å². The maximum absolute atomic E-state index is 11.7. The summed E-state index contributed by atoms with van der Waals surface area (Å²) in [7, 11) is 0. The van der Waals surface area contributed by atoms with Crippen LogP contribution in [0.25, 0.3) is 0 Å². The van der Waals surface area contributed by atoms with Crippen LogP contribution in [0.4, 0.5) is 0 Å². The summed E-state index contributed by atoms with van der Waals surface area (Å²) in [6, 6.07) is 0. The van der Waals surface area contributed by atoms with Crippen LogP contribution in [0, 0.1) is 23.2 Å². The number of hydrogen-bond acceptors (Lipinski definition) is 4. The van der Waals surface area contributed by atoms with Gasteiger partial charge in [-0.05, 0) is 51.4 Å². The molecule has 0 radical (unpaired) electrons. The first-order chi connectivity index (χ1) is 8.86. The lowest BCUT2D eigenvalue weighted by molar-refractivity contribution is -0.147. The summed E-state index contributed by atoms with van der Waals surface area (Å²) in [5, 5.41) is 7.86. The van der Waals surface area contributed by atoms with Crippen molar-refractivity contribution in [3.63, 3.8) is 0 Å². The number of carbonyl (C=O) groups is 1. The molecule has 2 fully saturated rings. The van der Waals surface area contributed by atoms with E-state index in [4.69, 9.17) is 26.5 Å². The van der Waals surface area contributed by atoms with Crippen LogP contribution in [0.2, 0.25) is 0 Å². The second-order valence-electron chi connectivity index (χ2n) is 6.21. The Morgan fingerprint density at radius 1 is 1.47 bits per heavy atom. The highest BCUT2D eigenvalue weighted by molar-refractivity contribution is 6.33. The van der Waals surface area contributed by atoms with E-state index >= 15 is 0 Å². The van der Waals surface area contributed by atoms with Gasteiger partial charge in [-0.2, -0.15) is 0 Å². The molecule has 0 spiro atoms. The van der Waals surface area contributed by atoms with Gasteiger partial charge in [0.25, 0.3) is 0 Å². The van der Waals surface area contributed by atoms with E-state index in [1.165, 1.54) is 0 Å². The minimum absolute atomic E-state index is 0.203. The molecule has 1 aliphatic carbocycles. The molecule has 0 aromatic rings. The van der Waals surface area contributed by atoms with E-state index < -0.39 is 4.87 Å². The van der Waals surface area contributed by atoms with Gasteiger partial charge in [0.05, 0.1) is 13.2 Å². The van der Waals surface area contributed by atoms with Gasteiger partial charge in [0, 0.05) is 5.92 Å². The monoisotopic (exact) mass is 287 g/mol. The van der Waals surface area contributed by atoms with E-state index in [0.29, 0.717) is 30.9 Å². The van der Waals surface area contributed by atoms with E-state index in [0.717, 1.165) is 25.7 Å². The standard InChI is InChI=1S/C14H22ClNO3/c1-14(2,15)13(17)19-8-10-5-9-3-4-18-12(16)11(6-9)7-10/h9-11,16H,3-8H2,1-2H3. The van der Waals surface area contributed by atoms with Crippen molar-refractivity contribution in [1.82, 2.24) is 0 Å². The number of halogens is 1. The molecule has 1 saturated carbocycles. The molecule has 3 atom stereocenters. The first-order valence-corrected chi connectivity index (χ1v) is 7.31. The molecule has 1 aliphatic heterocycles. The Morgan fingerprint density at radius 2 is 2.21 bits per heavy atom. The zero-order valence-electron chi connectivity index (χ0n) is 11.6. The van der Waals surface area contributed by atoms with Crippen LogP contribution in [0.15, 0.2) is 0 Å². The van der Waals surface area contributed by atoms with Gasteiger partial charge in [0.2, 0.25) is 0 Å². The van der Waals surface area contributed by atoms with Crippen molar-refractivity contribution in [1.29, 1.82) is 5.41 Å². The van der Waals surface area contributed by atoms with E-state index in [2.05, 4.69) is 0 Å². The molecular formula is C14H22ClNO3. The third-order valence-electron chi connectivity index (χ3n) is 3.99. The SMILES string of the molecule is CC(C)(Cl)C(=O)OCC1CC2CCOC(=N)C(C2)C1. The lowest BCUT2D eigenvalue weighted by Crippen LogP contribution is -2.32. The Hall–Kier alpha value is -0.770. The smallest absolute Gasteiger partial charge is 0.326 e. The van der Waals surface area contributed by atoms with Crippen LogP contribution >= 0.6 is 11.6 Å². The number of ether oxygens (including phenoxy) is 2. The summed E-state index contributed by atoms with van der Waals surface area (Å²) in [6.45, 7) is 4.35. The lowest BCUT2D eigenvalue weighted by atomic mass is 9.75. The summed E-state index contributed by atoms with van der Waals surface area (Å²) >= 11 is 5.92. The van der Waals surface area contributed by atoms with Gasteiger partial charge >= 0.3 is 5.97 Å². The van der Waals surface area contributed by atoms with Gasteiger partial charge in [0.1, 0.15) is 4.87 Å². The van der Waals surface area contributed by atoms with Gasteiger partial charge in [-0.3, -0.25) is 10.2 Å². The Labute approximate surface area is 119 Å². The molecular weight excluding hydrogens is 266 g/mol. The predicted molar refractivity (Wildman–Crippen MR) is 73.5 cm³/mol. The van der Waals surface area contributed by atoms with Crippen LogP contribution in [0.5, 0.6) is 0 Å². The molecule has 3 unspecified atom stereocenters. The van der Waals surface area contributed by atoms with Crippen molar-refractivity contribution in [3.8, 4) is 0 Å². The Kier molecular flexibility index (Phi) is 4.39. The number of alkyl halides is 1. The van der Waals surface area contributed by atoms with Crippen molar-refractivity contribution in [3.05, 3.63) is 0 Å². The summed E-state index contributed by atoms with van der Waals surface area (Å²) in [4.78, 5) is 10.7. The molecule has 1 saturated heterocycles. The van der Waals surface area contributed by atoms with Gasteiger partial charge in [-0.25, -0.2) is 0 Å².